The van der Waals surface area contributed by atoms with Crippen LogP contribution in [0.25, 0.3) is 16.9 Å². The molecule has 0 saturated carbocycles. The van der Waals surface area contributed by atoms with Crippen molar-refractivity contribution in [3.63, 3.8) is 0 Å². The number of carbonyl (C=O) groups excluding carboxylic acids is 1. The number of hydrogen-bond acceptors (Lipinski definition) is 3. The van der Waals surface area contributed by atoms with E-state index in [-0.39, 0.29) is 5.91 Å². The number of rotatable bonds is 2. The summed E-state index contributed by atoms with van der Waals surface area (Å²) in [6.45, 7) is 3.44. The molecule has 0 spiro atoms. The van der Waals surface area contributed by atoms with Crippen LogP contribution in [0.4, 0.5) is 0 Å². The lowest BCUT2D eigenvalue weighted by atomic mass is 10.1. The van der Waals surface area contributed by atoms with Gasteiger partial charge in [-0.15, -0.1) is 0 Å². The number of amides is 1. The SMILES string of the molecule is CN1CCN(C(=O)c2cccc(-c3cccc4nccn34)c2)CC1. The minimum Gasteiger partial charge on any atom is -0.336 e. The van der Waals surface area contributed by atoms with E-state index in [0.29, 0.717) is 0 Å². The van der Waals surface area contributed by atoms with Gasteiger partial charge < -0.3 is 9.80 Å². The monoisotopic (exact) mass is 320 g/mol. The molecule has 1 aromatic carbocycles. The maximum Gasteiger partial charge on any atom is 0.253 e. The molecule has 5 heteroatoms. The summed E-state index contributed by atoms with van der Waals surface area (Å²) in [6.07, 6.45) is 3.73. The van der Waals surface area contributed by atoms with Gasteiger partial charge in [-0.25, -0.2) is 4.98 Å². The van der Waals surface area contributed by atoms with Crippen LogP contribution in [-0.4, -0.2) is 58.3 Å². The first-order chi connectivity index (χ1) is 11.7. The van der Waals surface area contributed by atoms with E-state index in [0.717, 1.165) is 48.6 Å². The van der Waals surface area contributed by atoms with Crippen molar-refractivity contribution in [1.82, 2.24) is 19.2 Å². The average Bonchev–Trinajstić information content (AvgIpc) is 3.10. The summed E-state index contributed by atoms with van der Waals surface area (Å²) in [5.41, 5.74) is 3.72. The molecular weight excluding hydrogens is 300 g/mol. The fourth-order valence-electron chi connectivity index (χ4n) is 3.19. The van der Waals surface area contributed by atoms with Crippen LogP contribution in [0.15, 0.2) is 54.9 Å². The summed E-state index contributed by atoms with van der Waals surface area (Å²) in [5, 5.41) is 0. The maximum atomic E-state index is 12.8. The Bertz CT molecular complexity index is 878. The Morgan fingerprint density at radius 2 is 1.83 bits per heavy atom. The van der Waals surface area contributed by atoms with Crippen molar-refractivity contribution >= 4 is 11.6 Å². The third-order valence-corrected chi connectivity index (χ3v) is 4.62. The molecule has 5 nitrogen and oxygen atoms in total. The number of hydrogen-bond donors (Lipinski definition) is 0. The topological polar surface area (TPSA) is 40.8 Å². The minimum atomic E-state index is 0.114. The molecular formula is C19H20N4O. The van der Waals surface area contributed by atoms with Crippen LogP contribution in [-0.2, 0) is 0 Å². The molecule has 2 aromatic heterocycles. The summed E-state index contributed by atoms with van der Waals surface area (Å²) in [6, 6.07) is 13.9. The van der Waals surface area contributed by atoms with Gasteiger partial charge in [-0.2, -0.15) is 0 Å². The van der Waals surface area contributed by atoms with E-state index < -0.39 is 0 Å². The molecule has 122 valence electrons. The molecule has 1 aliphatic rings. The highest BCUT2D eigenvalue weighted by atomic mass is 16.2. The van der Waals surface area contributed by atoms with Crippen molar-refractivity contribution in [3.05, 3.63) is 60.4 Å². The predicted molar refractivity (Wildman–Crippen MR) is 94.0 cm³/mol. The molecule has 1 amide bonds. The molecule has 0 unspecified atom stereocenters. The molecule has 4 rings (SSSR count). The Hall–Kier alpha value is -2.66. The molecule has 1 fully saturated rings. The quantitative estimate of drug-likeness (QED) is 0.728. The molecule has 0 radical (unpaired) electrons. The van der Waals surface area contributed by atoms with Crippen LogP contribution < -0.4 is 0 Å². The zero-order valence-corrected chi connectivity index (χ0v) is 13.7. The lowest BCUT2D eigenvalue weighted by molar-refractivity contribution is 0.0664. The first-order valence-corrected chi connectivity index (χ1v) is 8.23. The van der Waals surface area contributed by atoms with Crippen molar-refractivity contribution in [2.75, 3.05) is 33.2 Å². The summed E-state index contributed by atoms with van der Waals surface area (Å²) in [5.74, 6) is 0.114. The fourth-order valence-corrected chi connectivity index (χ4v) is 3.19. The molecule has 0 N–H and O–H groups in total. The van der Waals surface area contributed by atoms with E-state index in [9.17, 15) is 4.79 Å². The Labute approximate surface area is 141 Å². The second-order valence-electron chi connectivity index (χ2n) is 6.24. The van der Waals surface area contributed by atoms with E-state index in [2.05, 4.69) is 16.9 Å². The number of aromatic nitrogens is 2. The van der Waals surface area contributed by atoms with Gasteiger partial charge in [-0.05, 0) is 36.9 Å². The summed E-state index contributed by atoms with van der Waals surface area (Å²) in [4.78, 5) is 21.3. The maximum absolute atomic E-state index is 12.8. The van der Waals surface area contributed by atoms with Crippen LogP contribution in [0, 0.1) is 0 Å². The van der Waals surface area contributed by atoms with E-state index in [4.69, 9.17) is 0 Å². The molecule has 24 heavy (non-hydrogen) atoms. The van der Waals surface area contributed by atoms with E-state index in [1.54, 1.807) is 6.20 Å². The number of pyridine rings is 1. The van der Waals surface area contributed by atoms with Gasteiger partial charge in [0, 0.05) is 44.1 Å². The van der Waals surface area contributed by atoms with E-state index in [1.807, 2.05) is 58.0 Å². The van der Waals surface area contributed by atoms with Gasteiger partial charge in [0.1, 0.15) is 5.65 Å². The number of likely N-dealkylation sites (N-methyl/N-ethyl adjacent to an activating group) is 1. The highest BCUT2D eigenvalue weighted by molar-refractivity contribution is 5.95. The highest BCUT2D eigenvalue weighted by Crippen LogP contribution is 2.22. The Balaban J connectivity index is 1.66. The van der Waals surface area contributed by atoms with Crippen molar-refractivity contribution < 1.29 is 4.79 Å². The highest BCUT2D eigenvalue weighted by Gasteiger charge is 2.20. The van der Waals surface area contributed by atoms with Crippen LogP contribution in [0.1, 0.15) is 10.4 Å². The molecule has 1 aliphatic heterocycles. The lowest BCUT2D eigenvalue weighted by Gasteiger charge is -2.32. The summed E-state index contributed by atoms with van der Waals surface area (Å²) >= 11 is 0. The van der Waals surface area contributed by atoms with Crippen molar-refractivity contribution in [1.29, 1.82) is 0 Å². The zero-order valence-electron chi connectivity index (χ0n) is 13.7. The van der Waals surface area contributed by atoms with Crippen LogP contribution in [0.5, 0.6) is 0 Å². The molecule has 0 bridgehead atoms. The lowest BCUT2D eigenvalue weighted by Crippen LogP contribution is -2.47. The number of imidazole rings is 1. The van der Waals surface area contributed by atoms with Crippen LogP contribution >= 0.6 is 0 Å². The van der Waals surface area contributed by atoms with E-state index in [1.165, 1.54) is 0 Å². The van der Waals surface area contributed by atoms with Gasteiger partial charge in [0.15, 0.2) is 0 Å². The fraction of sp³-hybridized carbons (Fsp3) is 0.263. The largest absolute Gasteiger partial charge is 0.336 e. The Morgan fingerprint density at radius 3 is 2.67 bits per heavy atom. The molecule has 0 atom stereocenters. The standard InChI is InChI=1S/C19H20N4O/c1-21-10-12-22(13-11-21)19(24)16-5-2-4-15(14-16)17-6-3-7-18-20-8-9-23(17)18/h2-9,14H,10-13H2,1H3. The first-order valence-electron chi connectivity index (χ1n) is 8.23. The second kappa shape index (κ2) is 6.09. The number of carbonyl (C=O) groups is 1. The van der Waals surface area contributed by atoms with Gasteiger partial charge >= 0.3 is 0 Å². The van der Waals surface area contributed by atoms with Gasteiger partial charge in [0.25, 0.3) is 5.91 Å². The van der Waals surface area contributed by atoms with Crippen molar-refractivity contribution in [2.45, 2.75) is 0 Å². The minimum absolute atomic E-state index is 0.114. The first kappa shape index (κ1) is 14.9. The van der Waals surface area contributed by atoms with Gasteiger partial charge in [-0.1, -0.05) is 18.2 Å². The van der Waals surface area contributed by atoms with Gasteiger partial charge in [-0.3, -0.25) is 9.20 Å². The van der Waals surface area contributed by atoms with Crippen LogP contribution in [0.3, 0.4) is 0 Å². The zero-order chi connectivity index (χ0) is 16.5. The molecule has 0 aliphatic carbocycles. The normalized spacial score (nSPS) is 15.8. The van der Waals surface area contributed by atoms with Crippen LogP contribution in [0.2, 0.25) is 0 Å². The third-order valence-electron chi connectivity index (χ3n) is 4.62. The van der Waals surface area contributed by atoms with Crippen molar-refractivity contribution in [2.24, 2.45) is 0 Å². The summed E-state index contributed by atoms with van der Waals surface area (Å²) in [7, 11) is 2.09. The number of nitrogens with zero attached hydrogens (tertiary/aromatic N) is 4. The number of piperazine rings is 1. The Kier molecular flexibility index (Phi) is 3.78. The predicted octanol–water partition coefficient (Wildman–Crippen LogP) is 2.39. The van der Waals surface area contributed by atoms with Crippen molar-refractivity contribution in [3.8, 4) is 11.3 Å². The summed E-state index contributed by atoms with van der Waals surface area (Å²) < 4.78 is 2.04. The molecule has 1 saturated heterocycles. The molecule has 3 heterocycles. The van der Waals surface area contributed by atoms with Gasteiger partial charge in [0.05, 0.1) is 5.69 Å². The number of fused-ring (bicyclic) bond motifs is 1. The van der Waals surface area contributed by atoms with E-state index >= 15 is 0 Å². The average molecular weight is 320 g/mol. The second-order valence-corrected chi connectivity index (χ2v) is 6.24. The molecule has 3 aromatic rings. The number of benzene rings is 1. The Morgan fingerprint density at radius 1 is 1.04 bits per heavy atom. The smallest absolute Gasteiger partial charge is 0.253 e. The van der Waals surface area contributed by atoms with Gasteiger partial charge in [0.2, 0.25) is 0 Å². The third kappa shape index (κ3) is 2.67.